The molecule has 186 valence electrons. The zero-order chi connectivity index (χ0) is 26.0. The number of amides is 1. The number of rotatable bonds is 7. The van der Waals surface area contributed by atoms with Crippen LogP contribution in [0.3, 0.4) is 0 Å². The van der Waals surface area contributed by atoms with Crippen molar-refractivity contribution in [2.24, 2.45) is 0 Å². The first-order valence-electron chi connectivity index (χ1n) is 12.6. The summed E-state index contributed by atoms with van der Waals surface area (Å²) in [4.78, 5) is 30.7. The van der Waals surface area contributed by atoms with E-state index in [2.05, 4.69) is 25.7 Å². The molecule has 4 rings (SSSR count). The minimum atomic E-state index is -0.734. The lowest BCUT2D eigenvalue weighted by atomic mass is 9.94. The minimum absolute atomic E-state index is 0.112. The SMILES string of the molecule is CCc1ccc(/C(O)=C2\C(=O)C(=O)N(c3cccc(C)c3C)C2c2ccc(N(CC)CC)cc2)cc1. The molecular formula is C31H34N2O3. The van der Waals surface area contributed by atoms with E-state index in [0.717, 1.165) is 47.5 Å². The third kappa shape index (κ3) is 4.41. The van der Waals surface area contributed by atoms with Gasteiger partial charge in [0, 0.05) is 30.0 Å². The first kappa shape index (κ1) is 25.2. The van der Waals surface area contributed by atoms with Gasteiger partial charge >= 0.3 is 0 Å². The normalized spacial score (nSPS) is 17.0. The van der Waals surface area contributed by atoms with E-state index in [4.69, 9.17) is 0 Å². The molecule has 1 heterocycles. The molecule has 1 amide bonds. The van der Waals surface area contributed by atoms with E-state index < -0.39 is 17.7 Å². The smallest absolute Gasteiger partial charge is 0.300 e. The summed E-state index contributed by atoms with van der Waals surface area (Å²) in [7, 11) is 0. The third-order valence-corrected chi connectivity index (χ3v) is 7.25. The van der Waals surface area contributed by atoms with Crippen LogP contribution >= 0.6 is 0 Å². The van der Waals surface area contributed by atoms with Crippen molar-refractivity contribution in [1.29, 1.82) is 0 Å². The summed E-state index contributed by atoms with van der Waals surface area (Å²) in [6.45, 7) is 12.0. The highest BCUT2D eigenvalue weighted by Crippen LogP contribution is 2.43. The largest absolute Gasteiger partial charge is 0.507 e. The molecule has 1 atom stereocenters. The molecule has 1 N–H and O–H groups in total. The van der Waals surface area contributed by atoms with E-state index in [9.17, 15) is 14.7 Å². The monoisotopic (exact) mass is 482 g/mol. The van der Waals surface area contributed by atoms with E-state index in [1.807, 2.05) is 68.4 Å². The van der Waals surface area contributed by atoms with Crippen LogP contribution in [0.5, 0.6) is 0 Å². The number of aliphatic hydroxyl groups excluding tert-OH is 1. The quantitative estimate of drug-likeness (QED) is 0.243. The molecule has 1 saturated heterocycles. The van der Waals surface area contributed by atoms with Gasteiger partial charge in [-0.25, -0.2) is 0 Å². The summed E-state index contributed by atoms with van der Waals surface area (Å²) in [6.07, 6.45) is 0.872. The first-order chi connectivity index (χ1) is 17.3. The van der Waals surface area contributed by atoms with Crippen molar-refractivity contribution in [1.82, 2.24) is 0 Å². The highest BCUT2D eigenvalue weighted by molar-refractivity contribution is 6.51. The number of aliphatic hydroxyl groups is 1. The molecule has 0 aromatic heterocycles. The molecule has 5 nitrogen and oxygen atoms in total. The molecule has 1 unspecified atom stereocenters. The number of carbonyl (C=O) groups excluding carboxylic acids is 2. The van der Waals surface area contributed by atoms with Crippen LogP contribution in [0.4, 0.5) is 11.4 Å². The Labute approximate surface area is 213 Å². The number of aryl methyl sites for hydroxylation is 2. The average molecular weight is 483 g/mol. The van der Waals surface area contributed by atoms with Gasteiger partial charge in [-0.15, -0.1) is 0 Å². The number of anilines is 2. The second-order valence-corrected chi connectivity index (χ2v) is 9.20. The van der Waals surface area contributed by atoms with Gasteiger partial charge in [0.25, 0.3) is 11.7 Å². The van der Waals surface area contributed by atoms with Gasteiger partial charge in [-0.3, -0.25) is 14.5 Å². The summed E-state index contributed by atoms with van der Waals surface area (Å²) in [5.41, 5.74) is 6.25. The average Bonchev–Trinajstić information content (AvgIpc) is 3.16. The second-order valence-electron chi connectivity index (χ2n) is 9.20. The van der Waals surface area contributed by atoms with Crippen LogP contribution in [0.15, 0.2) is 72.3 Å². The minimum Gasteiger partial charge on any atom is -0.507 e. The highest BCUT2D eigenvalue weighted by Gasteiger charge is 2.47. The molecule has 0 aliphatic carbocycles. The molecule has 1 fully saturated rings. The van der Waals surface area contributed by atoms with E-state index in [1.165, 1.54) is 0 Å². The van der Waals surface area contributed by atoms with Gasteiger partial charge in [0.05, 0.1) is 11.6 Å². The summed E-state index contributed by atoms with van der Waals surface area (Å²) in [5, 5.41) is 11.4. The maximum absolute atomic E-state index is 13.5. The predicted octanol–water partition coefficient (Wildman–Crippen LogP) is 6.34. The van der Waals surface area contributed by atoms with Crippen molar-refractivity contribution in [2.45, 2.75) is 47.1 Å². The van der Waals surface area contributed by atoms with Crippen molar-refractivity contribution >= 4 is 28.8 Å². The van der Waals surface area contributed by atoms with Crippen LogP contribution in [0.2, 0.25) is 0 Å². The number of hydrogen-bond donors (Lipinski definition) is 1. The van der Waals surface area contributed by atoms with Crippen LogP contribution < -0.4 is 9.80 Å². The van der Waals surface area contributed by atoms with Crippen LogP contribution in [-0.2, 0) is 16.0 Å². The lowest BCUT2D eigenvalue weighted by molar-refractivity contribution is -0.132. The van der Waals surface area contributed by atoms with Crippen molar-refractivity contribution in [3.05, 3.63) is 100 Å². The Kier molecular flexibility index (Phi) is 7.30. The van der Waals surface area contributed by atoms with Crippen LogP contribution in [-0.4, -0.2) is 29.9 Å². The summed E-state index contributed by atoms with van der Waals surface area (Å²) in [5.74, 6) is -1.46. The van der Waals surface area contributed by atoms with Crippen LogP contribution in [0.25, 0.3) is 5.76 Å². The molecule has 3 aromatic rings. The van der Waals surface area contributed by atoms with E-state index in [1.54, 1.807) is 17.0 Å². The van der Waals surface area contributed by atoms with Gasteiger partial charge in [-0.05, 0) is 74.6 Å². The van der Waals surface area contributed by atoms with Gasteiger partial charge in [-0.1, -0.05) is 55.5 Å². The lowest BCUT2D eigenvalue weighted by Crippen LogP contribution is -2.30. The number of ketones is 1. The molecule has 1 aliphatic rings. The highest BCUT2D eigenvalue weighted by atomic mass is 16.3. The fourth-order valence-corrected chi connectivity index (χ4v) is 4.90. The summed E-state index contributed by atoms with van der Waals surface area (Å²) in [6, 6.07) is 20.4. The van der Waals surface area contributed by atoms with Gasteiger partial charge in [-0.2, -0.15) is 0 Å². The van der Waals surface area contributed by atoms with Gasteiger partial charge in [0.15, 0.2) is 0 Å². The number of Topliss-reactive ketones (excluding diaryl/α,β-unsaturated/α-hetero) is 1. The Hall–Kier alpha value is -3.86. The number of benzene rings is 3. The Morgan fingerprint density at radius 1 is 0.889 bits per heavy atom. The predicted molar refractivity (Wildman–Crippen MR) is 147 cm³/mol. The fourth-order valence-electron chi connectivity index (χ4n) is 4.90. The lowest BCUT2D eigenvalue weighted by Gasteiger charge is -2.28. The maximum Gasteiger partial charge on any atom is 0.300 e. The first-order valence-corrected chi connectivity index (χ1v) is 12.6. The second kappa shape index (κ2) is 10.4. The zero-order valence-corrected chi connectivity index (χ0v) is 21.7. The molecule has 5 heteroatoms. The Bertz CT molecular complexity index is 1300. The van der Waals surface area contributed by atoms with E-state index >= 15 is 0 Å². The van der Waals surface area contributed by atoms with E-state index in [-0.39, 0.29) is 11.3 Å². The van der Waals surface area contributed by atoms with Gasteiger partial charge in [0.1, 0.15) is 5.76 Å². The Morgan fingerprint density at radius 3 is 2.11 bits per heavy atom. The van der Waals surface area contributed by atoms with Crippen LogP contribution in [0.1, 0.15) is 54.6 Å². The molecule has 3 aromatic carbocycles. The zero-order valence-electron chi connectivity index (χ0n) is 21.7. The summed E-state index contributed by atoms with van der Waals surface area (Å²) >= 11 is 0. The fraction of sp³-hybridized carbons (Fsp3) is 0.290. The standard InChI is InChI=1S/C31H34N2O3/c1-6-22-12-14-24(15-13-22)29(34)27-28(23-16-18-25(19-17-23)32(7-2)8-3)33(31(36)30(27)35)26-11-9-10-20(4)21(26)5/h9-19,28,34H,6-8H2,1-5H3/b29-27+. The maximum atomic E-state index is 13.5. The Balaban J connectivity index is 1.92. The molecule has 0 radical (unpaired) electrons. The molecular weight excluding hydrogens is 448 g/mol. The van der Waals surface area contributed by atoms with Crippen molar-refractivity contribution < 1.29 is 14.7 Å². The van der Waals surface area contributed by atoms with Crippen LogP contribution in [0, 0.1) is 13.8 Å². The number of hydrogen-bond acceptors (Lipinski definition) is 4. The van der Waals surface area contributed by atoms with Gasteiger partial charge < -0.3 is 10.0 Å². The molecule has 0 saturated carbocycles. The van der Waals surface area contributed by atoms with E-state index in [0.29, 0.717) is 11.3 Å². The number of nitrogens with zero attached hydrogens (tertiary/aromatic N) is 2. The number of carbonyl (C=O) groups is 2. The van der Waals surface area contributed by atoms with Crippen molar-refractivity contribution in [3.63, 3.8) is 0 Å². The van der Waals surface area contributed by atoms with Crippen molar-refractivity contribution in [3.8, 4) is 0 Å². The Morgan fingerprint density at radius 2 is 1.53 bits per heavy atom. The molecule has 36 heavy (non-hydrogen) atoms. The molecule has 1 aliphatic heterocycles. The van der Waals surface area contributed by atoms with Gasteiger partial charge in [0.2, 0.25) is 0 Å². The summed E-state index contributed by atoms with van der Waals surface area (Å²) < 4.78 is 0. The topological polar surface area (TPSA) is 60.9 Å². The molecule has 0 spiro atoms. The molecule has 0 bridgehead atoms. The third-order valence-electron chi connectivity index (χ3n) is 7.25. The van der Waals surface area contributed by atoms with Crippen molar-refractivity contribution in [2.75, 3.05) is 22.9 Å².